The zero-order chi connectivity index (χ0) is 21.0. The van der Waals surface area contributed by atoms with Crippen LogP contribution in [0.5, 0.6) is 0 Å². The van der Waals surface area contributed by atoms with Crippen LogP contribution in [0.2, 0.25) is 0 Å². The summed E-state index contributed by atoms with van der Waals surface area (Å²) >= 11 is 0. The van der Waals surface area contributed by atoms with E-state index in [1.165, 1.54) is 49.7 Å². The molecule has 4 aliphatic rings. The Hall–Kier alpha value is -1.37. The van der Waals surface area contributed by atoms with Gasteiger partial charge in [0.1, 0.15) is 0 Å². The van der Waals surface area contributed by atoms with Crippen molar-refractivity contribution in [2.45, 2.75) is 86.0 Å². The van der Waals surface area contributed by atoms with Gasteiger partial charge in [-0.2, -0.15) is 0 Å². The fourth-order valence-corrected chi connectivity index (χ4v) is 7.17. The predicted molar refractivity (Wildman–Crippen MR) is 123 cm³/mol. The van der Waals surface area contributed by atoms with Crippen LogP contribution < -0.4 is 0 Å². The SMILES string of the molecule is C=C(CCC(C)C1CCC2=C3C=CC4=CC(=O)CCC4(C)C3CCC21C)C(C)C. The Bertz CT molecular complexity index is 806. The maximum atomic E-state index is 12.0. The normalized spacial score (nSPS) is 37.2. The minimum absolute atomic E-state index is 0.172. The van der Waals surface area contributed by atoms with Crippen LogP contribution in [0.3, 0.4) is 0 Å². The number of fused-ring (bicyclic) bond motifs is 4. The molecule has 1 heteroatoms. The standard InChI is InChI=1S/C28H40O/c1-18(2)19(3)7-8-20(4)24-11-12-25-23-10-9-21-17-22(29)13-15-27(21,5)26(23)14-16-28(24,25)6/h9-10,17-18,20,24,26H,3,7-8,11-16H2,1-2,4-6H3. The smallest absolute Gasteiger partial charge is 0.156 e. The van der Waals surface area contributed by atoms with E-state index in [-0.39, 0.29) is 5.41 Å². The van der Waals surface area contributed by atoms with Gasteiger partial charge in [0.2, 0.25) is 0 Å². The third-order valence-corrected chi connectivity index (χ3v) is 9.39. The van der Waals surface area contributed by atoms with Crippen LogP contribution in [0.25, 0.3) is 0 Å². The van der Waals surface area contributed by atoms with E-state index < -0.39 is 0 Å². The van der Waals surface area contributed by atoms with E-state index in [0.29, 0.717) is 23.0 Å². The lowest BCUT2D eigenvalue weighted by Crippen LogP contribution is -2.41. The van der Waals surface area contributed by atoms with Gasteiger partial charge in [-0.1, -0.05) is 64.5 Å². The highest BCUT2D eigenvalue weighted by Crippen LogP contribution is 2.63. The van der Waals surface area contributed by atoms with Gasteiger partial charge in [0.25, 0.3) is 0 Å². The summed E-state index contributed by atoms with van der Waals surface area (Å²) in [5.74, 6) is 3.10. The van der Waals surface area contributed by atoms with Crippen molar-refractivity contribution in [3.8, 4) is 0 Å². The van der Waals surface area contributed by atoms with Gasteiger partial charge in [-0.25, -0.2) is 0 Å². The lowest BCUT2D eigenvalue weighted by molar-refractivity contribution is -0.116. The summed E-state index contributed by atoms with van der Waals surface area (Å²) in [6.07, 6.45) is 16.1. The average molecular weight is 393 g/mol. The van der Waals surface area contributed by atoms with Crippen molar-refractivity contribution in [3.05, 3.63) is 47.1 Å². The molecule has 1 fully saturated rings. The van der Waals surface area contributed by atoms with Gasteiger partial charge < -0.3 is 0 Å². The highest BCUT2D eigenvalue weighted by Gasteiger charge is 2.53. The third kappa shape index (κ3) is 3.33. The second kappa shape index (κ2) is 7.40. The van der Waals surface area contributed by atoms with E-state index in [0.717, 1.165) is 24.7 Å². The molecule has 0 radical (unpaired) electrons. The summed E-state index contributed by atoms with van der Waals surface area (Å²) < 4.78 is 0. The van der Waals surface area contributed by atoms with E-state index in [1.807, 2.05) is 6.08 Å². The lowest BCUT2D eigenvalue weighted by atomic mass is 9.53. The molecule has 0 amide bonds. The van der Waals surface area contributed by atoms with Crippen LogP contribution >= 0.6 is 0 Å². The van der Waals surface area contributed by atoms with Crippen LogP contribution in [0.4, 0.5) is 0 Å². The zero-order valence-corrected chi connectivity index (χ0v) is 19.3. The molecule has 0 heterocycles. The van der Waals surface area contributed by atoms with Gasteiger partial charge in [0.05, 0.1) is 0 Å². The fourth-order valence-electron chi connectivity index (χ4n) is 7.17. The van der Waals surface area contributed by atoms with Crippen molar-refractivity contribution in [3.63, 3.8) is 0 Å². The Morgan fingerprint density at radius 1 is 1.10 bits per heavy atom. The number of ketones is 1. The summed E-state index contributed by atoms with van der Waals surface area (Å²) in [6.45, 7) is 16.3. The molecular weight excluding hydrogens is 352 g/mol. The molecule has 1 saturated carbocycles. The summed E-state index contributed by atoms with van der Waals surface area (Å²) in [5.41, 5.74) is 6.66. The first-order valence-corrected chi connectivity index (χ1v) is 12.0. The van der Waals surface area contributed by atoms with Gasteiger partial charge in [0, 0.05) is 6.42 Å². The van der Waals surface area contributed by atoms with Crippen molar-refractivity contribution < 1.29 is 4.79 Å². The van der Waals surface area contributed by atoms with Gasteiger partial charge >= 0.3 is 0 Å². The van der Waals surface area contributed by atoms with Gasteiger partial charge in [-0.15, -0.1) is 0 Å². The zero-order valence-electron chi connectivity index (χ0n) is 19.3. The first kappa shape index (κ1) is 20.9. The number of carbonyl (C=O) groups excluding carboxylic acids is 1. The summed E-state index contributed by atoms with van der Waals surface area (Å²) in [5, 5.41) is 0. The van der Waals surface area contributed by atoms with Gasteiger partial charge in [-0.3, -0.25) is 4.79 Å². The number of hydrogen-bond donors (Lipinski definition) is 0. The highest BCUT2D eigenvalue weighted by molar-refractivity contribution is 5.92. The maximum absolute atomic E-state index is 12.0. The minimum atomic E-state index is 0.172. The highest BCUT2D eigenvalue weighted by atomic mass is 16.1. The number of hydrogen-bond acceptors (Lipinski definition) is 1. The Morgan fingerprint density at radius 3 is 2.59 bits per heavy atom. The van der Waals surface area contributed by atoms with Crippen molar-refractivity contribution in [1.82, 2.24) is 0 Å². The molecule has 4 aliphatic carbocycles. The van der Waals surface area contributed by atoms with Crippen LogP contribution in [0.1, 0.15) is 86.0 Å². The summed E-state index contributed by atoms with van der Waals surface area (Å²) in [7, 11) is 0. The van der Waals surface area contributed by atoms with Crippen LogP contribution in [-0.2, 0) is 4.79 Å². The van der Waals surface area contributed by atoms with E-state index in [1.54, 1.807) is 11.1 Å². The van der Waals surface area contributed by atoms with Crippen molar-refractivity contribution in [2.75, 3.05) is 0 Å². The van der Waals surface area contributed by atoms with Crippen LogP contribution in [-0.4, -0.2) is 5.78 Å². The molecule has 5 unspecified atom stereocenters. The summed E-state index contributed by atoms with van der Waals surface area (Å²) in [4.78, 5) is 12.0. The molecule has 29 heavy (non-hydrogen) atoms. The number of allylic oxidation sites excluding steroid dienone is 7. The van der Waals surface area contributed by atoms with Crippen molar-refractivity contribution in [1.29, 1.82) is 0 Å². The quantitative estimate of drug-likeness (QED) is 0.440. The molecular formula is C28H40O. The average Bonchev–Trinajstić information content (AvgIpc) is 3.03. The van der Waals surface area contributed by atoms with E-state index in [9.17, 15) is 4.79 Å². The van der Waals surface area contributed by atoms with Crippen LogP contribution in [0.15, 0.2) is 47.1 Å². The molecule has 0 N–H and O–H groups in total. The Labute approximate surface area is 178 Å². The van der Waals surface area contributed by atoms with Crippen molar-refractivity contribution in [2.24, 2.45) is 34.5 Å². The van der Waals surface area contributed by atoms with Gasteiger partial charge in [0.15, 0.2) is 5.78 Å². The van der Waals surface area contributed by atoms with Gasteiger partial charge in [-0.05, 0) is 96.7 Å². The second-order valence-electron chi connectivity index (χ2n) is 11.2. The van der Waals surface area contributed by atoms with Crippen molar-refractivity contribution >= 4 is 5.78 Å². The molecule has 158 valence electrons. The molecule has 0 aromatic rings. The molecule has 0 aliphatic heterocycles. The minimum Gasteiger partial charge on any atom is -0.295 e. The Kier molecular flexibility index (Phi) is 5.33. The van der Waals surface area contributed by atoms with E-state index in [2.05, 4.69) is 53.3 Å². The lowest BCUT2D eigenvalue weighted by Gasteiger charge is -2.51. The molecule has 0 spiro atoms. The first-order valence-electron chi connectivity index (χ1n) is 12.0. The topological polar surface area (TPSA) is 17.1 Å². The number of carbonyl (C=O) groups is 1. The largest absolute Gasteiger partial charge is 0.295 e. The predicted octanol–water partition coefficient (Wildman–Crippen LogP) is 7.60. The first-order chi connectivity index (χ1) is 13.7. The number of rotatable bonds is 5. The maximum Gasteiger partial charge on any atom is 0.156 e. The Morgan fingerprint density at radius 2 is 1.86 bits per heavy atom. The molecule has 0 aromatic carbocycles. The molecule has 5 atom stereocenters. The third-order valence-electron chi connectivity index (χ3n) is 9.39. The summed E-state index contributed by atoms with van der Waals surface area (Å²) in [6, 6.07) is 0. The monoisotopic (exact) mass is 392 g/mol. The second-order valence-corrected chi connectivity index (χ2v) is 11.2. The molecule has 0 aromatic heterocycles. The molecule has 0 saturated heterocycles. The molecule has 0 bridgehead atoms. The van der Waals surface area contributed by atoms with Crippen LogP contribution in [0, 0.1) is 34.5 Å². The molecule has 4 rings (SSSR count). The fraction of sp³-hybridized carbons (Fsp3) is 0.679. The van der Waals surface area contributed by atoms with E-state index >= 15 is 0 Å². The molecule has 1 nitrogen and oxygen atoms in total. The Balaban J connectivity index is 1.61. The van der Waals surface area contributed by atoms with E-state index in [4.69, 9.17) is 0 Å².